The minimum absolute atomic E-state index is 0.0532. The van der Waals surface area contributed by atoms with Crippen LogP contribution in [0.3, 0.4) is 0 Å². The molecule has 8 nitrogen and oxygen atoms in total. The second kappa shape index (κ2) is 13.1. The molecule has 42 heavy (non-hydrogen) atoms. The molecule has 1 saturated carbocycles. The summed E-state index contributed by atoms with van der Waals surface area (Å²) in [5, 5.41) is 31.6. The number of aromatic hydroxyl groups is 1. The Balaban J connectivity index is 1.24. The topological polar surface area (TPSA) is 119 Å². The Hall–Kier alpha value is -3.72. The minimum Gasteiger partial charge on any atom is -0.508 e. The van der Waals surface area contributed by atoms with Crippen LogP contribution < -0.4 is 5.32 Å². The summed E-state index contributed by atoms with van der Waals surface area (Å²) in [4.78, 5) is 29.0. The van der Waals surface area contributed by atoms with Gasteiger partial charge in [-0.05, 0) is 92.0 Å². The number of anilines is 1. The smallest absolute Gasteiger partial charge is 0.253 e. The van der Waals surface area contributed by atoms with Crippen molar-refractivity contribution >= 4 is 17.5 Å². The van der Waals surface area contributed by atoms with E-state index in [4.69, 9.17) is 4.74 Å². The second-order valence-electron chi connectivity index (χ2n) is 11.7. The molecule has 0 radical (unpaired) electrons. The Morgan fingerprint density at radius 2 is 1.52 bits per heavy atom. The Morgan fingerprint density at radius 3 is 2.14 bits per heavy atom. The summed E-state index contributed by atoms with van der Waals surface area (Å²) < 4.78 is 6.43. The first-order valence-electron chi connectivity index (χ1n) is 14.8. The number of amides is 2. The van der Waals surface area contributed by atoms with Gasteiger partial charge in [0.1, 0.15) is 11.9 Å². The molecule has 5 rings (SSSR count). The summed E-state index contributed by atoms with van der Waals surface area (Å²) >= 11 is 0. The summed E-state index contributed by atoms with van der Waals surface area (Å²) in [6.07, 6.45) is 3.93. The molecule has 3 aromatic rings. The van der Waals surface area contributed by atoms with E-state index in [-0.39, 0.29) is 48.3 Å². The lowest BCUT2D eigenvalue weighted by molar-refractivity contribution is -0.141. The van der Waals surface area contributed by atoms with Crippen molar-refractivity contribution in [3.05, 3.63) is 95.1 Å². The molecule has 2 atom stereocenters. The lowest BCUT2D eigenvalue weighted by Crippen LogP contribution is -2.47. The molecule has 2 fully saturated rings. The summed E-state index contributed by atoms with van der Waals surface area (Å²) in [6, 6.07) is 22.0. The van der Waals surface area contributed by atoms with Crippen LogP contribution in [0.5, 0.6) is 5.75 Å². The molecule has 4 N–H and O–H groups in total. The molecule has 0 aromatic heterocycles. The fourth-order valence-electron chi connectivity index (χ4n) is 6.37. The van der Waals surface area contributed by atoms with Crippen molar-refractivity contribution in [2.45, 2.75) is 88.9 Å². The van der Waals surface area contributed by atoms with Crippen LogP contribution in [0.15, 0.2) is 72.8 Å². The maximum Gasteiger partial charge on any atom is 0.253 e. The van der Waals surface area contributed by atoms with E-state index in [2.05, 4.69) is 5.32 Å². The van der Waals surface area contributed by atoms with Crippen molar-refractivity contribution < 1.29 is 29.6 Å². The number of hydrogen-bond donors (Lipinski definition) is 4. The van der Waals surface area contributed by atoms with Gasteiger partial charge in [0.25, 0.3) is 5.91 Å². The third kappa shape index (κ3) is 6.84. The van der Waals surface area contributed by atoms with E-state index in [1.54, 1.807) is 42.5 Å². The first kappa shape index (κ1) is 29.8. The van der Waals surface area contributed by atoms with Crippen LogP contribution in [-0.2, 0) is 34.1 Å². The van der Waals surface area contributed by atoms with Crippen LogP contribution in [-0.4, -0.2) is 49.8 Å². The zero-order valence-corrected chi connectivity index (χ0v) is 24.0. The van der Waals surface area contributed by atoms with E-state index in [1.807, 2.05) is 42.2 Å². The van der Waals surface area contributed by atoms with Crippen molar-refractivity contribution in [2.75, 3.05) is 5.32 Å². The van der Waals surface area contributed by atoms with E-state index >= 15 is 0 Å². The Bertz CT molecular complexity index is 1350. The van der Waals surface area contributed by atoms with Gasteiger partial charge in [0, 0.05) is 18.3 Å². The first-order chi connectivity index (χ1) is 20.3. The fraction of sp³-hybridized carbons (Fsp3) is 0.412. The number of rotatable bonds is 9. The van der Waals surface area contributed by atoms with Gasteiger partial charge in [-0.1, -0.05) is 48.5 Å². The SMILES string of the molecule is CC(C(=O)N(Cc1ccccc1)C1CCC2(CCC(C(=O)Nc3cc(CO)cc(CO)c3)O2)CC1)c1ccc(O)cc1. The van der Waals surface area contributed by atoms with Crippen molar-refractivity contribution in [1.82, 2.24) is 4.90 Å². The van der Waals surface area contributed by atoms with Gasteiger partial charge in [0.05, 0.1) is 24.7 Å². The molecule has 2 unspecified atom stereocenters. The molecule has 2 aliphatic rings. The van der Waals surface area contributed by atoms with E-state index in [9.17, 15) is 24.9 Å². The highest BCUT2D eigenvalue weighted by atomic mass is 16.5. The number of carbonyl (C=O) groups excluding carboxylic acids is 2. The maximum absolute atomic E-state index is 13.9. The van der Waals surface area contributed by atoms with Gasteiger partial charge in [-0.2, -0.15) is 0 Å². The van der Waals surface area contributed by atoms with Crippen LogP contribution >= 0.6 is 0 Å². The summed E-state index contributed by atoms with van der Waals surface area (Å²) in [6.45, 7) is 2.07. The Morgan fingerprint density at radius 1 is 0.905 bits per heavy atom. The number of ether oxygens (including phenoxy) is 1. The monoisotopic (exact) mass is 572 g/mol. The third-order valence-electron chi connectivity index (χ3n) is 8.78. The fourth-order valence-corrected chi connectivity index (χ4v) is 6.37. The van der Waals surface area contributed by atoms with Crippen molar-refractivity contribution in [2.24, 2.45) is 0 Å². The van der Waals surface area contributed by atoms with Crippen LogP contribution in [0.4, 0.5) is 5.69 Å². The number of nitrogens with zero attached hydrogens (tertiary/aromatic N) is 1. The zero-order valence-electron chi connectivity index (χ0n) is 24.0. The predicted molar refractivity (Wildman–Crippen MR) is 160 cm³/mol. The highest BCUT2D eigenvalue weighted by Crippen LogP contribution is 2.44. The van der Waals surface area contributed by atoms with E-state index in [1.165, 1.54) is 0 Å². The molecule has 1 aliphatic carbocycles. The van der Waals surface area contributed by atoms with Crippen molar-refractivity contribution in [3.63, 3.8) is 0 Å². The van der Waals surface area contributed by atoms with Crippen LogP contribution in [0, 0.1) is 0 Å². The average Bonchev–Trinajstić information content (AvgIpc) is 3.44. The largest absolute Gasteiger partial charge is 0.508 e. The normalized spacial score (nSPS) is 22.5. The summed E-state index contributed by atoms with van der Waals surface area (Å²) in [5.74, 6) is -0.343. The molecule has 1 saturated heterocycles. The van der Waals surface area contributed by atoms with Crippen LogP contribution in [0.1, 0.15) is 73.6 Å². The Labute approximate surface area is 247 Å². The van der Waals surface area contributed by atoms with Gasteiger partial charge in [0.2, 0.25) is 5.91 Å². The van der Waals surface area contributed by atoms with E-state index < -0.39 is 6.10 Å². The lowest BCUT2D eigenvalue weighted by atomic mass is 9.79. The number of hydrogen-bond acceptors (Lipinski definition) is 6. The summed E-state index contributed by atoms with van der Waals surface area (Å²) in [7, 11) is 0. The standard InChI is InChI=1S/C34H40N2O6/c1-23(27-7-9-30(39)10-8-27)33(41)36(20-24-5-3-2-4-6-24)29-11-14-34(15-12-29)16-13-31(42-34)32(40)35-28-18-25(21-37)17-26(19-28)22-38/h2-10,17-19,23,29,31,37-39H,11-16,20-22H2,1H3,(H,35,40). The van der Waals surface area contributed by atoms with Crippen LogP contribution in [0.25, 0.3) is 0 Å². The number of aliphatic hydroxyl groups excluding tert-OH is 2. The summed E-state index contributed by atoms with van der Waals surface area (Å²) in [5.41, 5.74) is 3.33. The average molecular weight is 573 g/mol. The highest BCUT2D eigenvalue weighted by Gasteiger charge is 2.46. The molecule has 1 heterocycles. The number of carbonyl (C=O) groups is 2. The molecular weight excluding hydrogens is 532 g/mol. The molecule has 3 aromatic carbocycles. The van der Waals surface area contributed by atoms with Gasteiger partial charge >= 0.3 is 0 Å². The third-order valence-corrected chi connectivity index (χ3v) is 8.78. The molecule has 1 spiro atoms. The van der Waals surface area contributed by atoms with Gasteiger partial charge in [-0.15, -0.1) is 0 Å². The van der Waals surface area contributed by atoms with Gasteiger partial charge in [-0.25, -0.2) is 0 Å². The first-order valence-corrected chi connectivity index (χ1v) is 14.8. The zero-order chi connectivity index (χ0) is 29.7. The maximum atomic E-state index is 13.9. The number of phenols is 1. The number of aliphatic hydroxyl groups is 2. The number of benzene rings is 3. The number of phenolic OH excluding ortho intramolecular Hbond substituents is 1. The molecule has 8 heteroatoms. The molecule has 222 valence electrons. The van der Waals surface area contributed by atoms with Crippen molar-refractivity contribution in [1.29, 1.82) is 0 Å². The molecule has 1 aliphatic heterocycles. The Kier molecular flexibility index (Phi) is 9.26. The second-order valence-corrected chi connectivity index (χ2v) is 11.7. The van der Waals surface area contributed by atoms with E-state index in [0.717, 1.165) is 43.2 Å². The van der Waals surface area contributed by atoms with E-state index in [0.29, 0.717) is 29.8 Å². The van der Waals surface area contributed by atoms with Gasteiger partial charge < -0.3 is 30.3 Å². The molecular formula is C34H40N2O6. The van der Waals surface area contributed by atoms with Crippen LogP contribution in [0.2, 0.25) is 0 Å². The number of nitrogens with one attached hydrogen (secondary N) is 1. The highest BCUT2D eigenvalue weighted by molar-refractivity contribution is 5.94. The minimum atomic E-state index is -0.575. The lowest BCUT2D eigenvalue weighted by Gasteiger charge is -2.42. The predicted octanol–water partition coefficient (Wildman–Crippen LogP) is 5.01. The molecule has 0 bridgehead atoms. The van der Waals surface area contributed by atoms with Gasteiger partial charge in [0.15, 0.2) is 0 Å². The molecule has 2 amide bonds. The quantitative estimate of drug-likeness (QED) is 0.286. The van der Waals surface area contributed by atoms with Gasteiger partial charge in [-0.3, -0.25) is 9.59 Å². The van der Waals surface area contributed by atoms with Crippen molar-refractivity contribution in [3.8, 4) is 5.75 Å².